The van der Waals surface area contributed by atoms with Gasteiger partial charge in [-0.05, 0) is 26.0 Å². The van der Waals surface area contributed by atoms with Gasteiger partial charge in [0.05, 0.1) is 5.69 Å². The Kier molecular flexibility index (Phi) is 3.06. The first-order valence-corrected chi connectivity index (χ1v) is 6.21. The third kappa shape index (κ3) is 2.09. The third-order valence-electron chi connectivity index (χ3n) is 3.23. The van der Waals surface area contributed by atoms with E-state index in [1.54, 1.807) is 12.1 Å². The van der Waals surface area contributed by atoms with E-state index in [2.05, 4.69) is 20.4 Å². The van der Waals surface area contributed by atoms with Gasteiger partial charge in [0.15, 0.2) is 0 Å². The van der Waals surface area contributed by atoms with Crippen LogP contribution in [0.2, 0.25) is 0 Å². The number of benzene rings is 1. The quantitative estimate of drug-likeness (QED) is 0.794. The Bertz CT molecular complexity index is 749. The van der Waals surface area contributed by atoms with Crippen molar-refractivity contribution in [3.05, 3.63) is 47.4 Å². The summed E-state index contributed by atoms with van der Waals surface area (Å²) in [4.78, 5) is 8.13. The van der Waals surface area contributed by atoms with Crippen LogP contribution in [0.25, 0.3) is 10.9 Å². The summed E-state index contributed by atoms with van der Waals surface area (Å²) in [6.07, 6.45) is 1.35. The van der Waals surface area contributed by atoms with E-state index in [0.717, 1.165) is 17.0 Å². The van der Waals surface area contributed by atoms with Crippen molar-refractivity contribution in [3.8, 4) is 0 Å². The summed E-state index contributed by atoms with van der Waals surface area (Å²) in [5, 5.41) is 7.73. The zero-order valence-corrected chi connectivity index (χ0v) is 11.1. The standard InChI is InChI=1S/C14H13FN4O/c1-8-11(9(2)20-19-8)6-16-14-10-4-3-5-12(15)13(10)17-7-18-14/h3-5,7H,6H2,1-2H3,(H,16,17,18). The largest absolute Gasteiger partial charge is 0.365 e. The minimum Gasteiger partial charge on any atom is -0.365 e. The lowest BCUT2D eigenvalue weighted by atomic mass is 10.2. The maximum atomic E-state index is 13.7. The van der Waals surface area contributed by atoms with Crippen LogP contribution in [0, 0.1) is 19.7 Å². The maximum absolute atomic E-state index is 13.7. The average Bonchev–Trinajstić information content (AvgIpc) is 2.76. The predicted octanol–water partition coefficient (Wildman–Crippen LogP) is 2.99. The second kappa shape index (κ2) is 4.88. The first-order valence-electron chi connectivity index (χ1n) is 6.21. The summed E-state index contributed by atoms with van der Waals surface area (Å²) in [5.41, 5.74) is 2.12. The lowest BCUT2D eigenvalue weighted by Gasteiger charge is -2.08. The molecule has 5 nitrogen and oxygen atoms in total. The van der Waals surface area contributed by atoms with Crippen molar-refractivity contribution in [2.24, 2.45) is 0 Å². The highest BCUT2D eigenvalue weighted by atomic mass is 19.1. The molecule has 0 atom stereocenters. The summed E-state index contributed by atoms with van der Waals surface area (Å²) in [5.74, 6) is 0.999. The van der Waals surface area contributed by atoms with E-state index in [0.29, 0.717) is 23.3 Å². The lowest BCUT2D eigenvalue weighted by Crippen LogP contribution is -2.04. The molecule has 20 heavy (non-hydrogen) atoms. The number of aromatic nitrogens is 3. The second-order valence-electron chi connectivity index (χ2n) is 4.51. The number of halogens is 1. The topological polar surface area (TPSA) is 63.8 Å². The number of nitrogens with zero attached hydrogens (tertiary/aromatic N) is 3. The molecule has 0 bridgehead atoms. The van der Waals surface area contributed by atoms with Crippen LogP contribution in [0.3, 0.4) is 0 Å². The third-order valence-corrected chi connectivity index (χ3v) is 3.23. The zero-order chi connectivity index (χ0) is 14.1. The van der Waals surface area contributed by atoms with Gasteiger partial charge in [-0.25, -0.2) is 14.4 Å². The van der Waals surface area contributed by atoms with E-state index in [9.17, 15) is 4.39 Å². The van der Waals surface area contributed by atoms with E-state index in [-0.39, 0.29) is 5.82 Å². The number of hydrogen-bond donors (Lipinski definition) is 1. The van der Waals surface area contributed by atoms with Gasteiger partial charge in [0.2, 0.25) is 0 Å². The van der Waals surface area contributed by atoms with Crippen molar-refractivity contribution in [2.75, 3.05) is 5.32 Å². The molecule has 0 aliphatic heterocycles. The number of fused-ring (bicyclic) bond motifs is 1. The molecule has 0 saturated heterocycles. The fourth-order valence-corrected chi connectivity index (χ4v) is 2.12. The SMILES string of the molecule is Cc1noc(C)c1CNc1ncnc2c(F)cccc12. The normalized spacial score (nSPS) is 10.9. The molecule has 3 aromatic rings. The Labute approximate surface area is 114 Å². The van der Waals surface area contributed by atoms with Gasteiger partial charge in [-0.15, -0.1) is 0 Å². The van der Waals surface area contributed by atoms with Crippen LogP contribution < -0.4 is 5.32 Å². The Hall–Kier alpha value is -2.50. The molecule has 0 aliphatic rings. The van der Waals surface area contributed by atoms with Crippen molar-refractivity contribution in [3.63, 3.8) is 0 Å². The Balaban J connectivity index is 1.94. The fourth-order valence-electron chi connectivity index (χ4n) is 2.12. The molecule has 1 N–H and O–H groups in total. The number of aryl methyl sites for hydroxylation is 2. The molecular weight excluding hydrogens is 259 g/mol. The van der Waals surface area contributed by atoms with Crippen LogP contribution in [-0.2, 0) is 6.54 Å². The predicted molar refractivity (Wildman–Crippen MR) is 72.8 cm³/mol. The van der Waals surface area contributed by atoms with E-state index >= 15 is 0 Å². The van der Waals surface area contributed by atoms with E-state index in [4.69, 9.17) is 4.52 Å². The van der Waals surface area contributed by atoms with E-state index < -0.39 is 0 Å². The van der Waals surface area contributed by atoms with Crippen LogP contribution >= 0.6 is 0 Å². The van der Waals surface area contributed by atoms with Crippen LogP contribution in [0.15, 0.2) is 29.0 Å². The van der Waals surface area contributed by atoms with Crippen molar-refractivity contribution in [1.29, 1.82) is 0 Å². The Morgan fingerprint density at radius 2 is 2.10 bits per heavy atom. The van der Waals surface area contributed by atoms with Crippen LogP contribution in [0.4, 0.5) is 10.2 Å². The summed E-state index contributed by atoms with van der Waals surface area (Å²) >= 11 is 0. The Morgan fingerprint density at radius 3 is 2.85 bits per heavy atom. The molecule has 0 spiro atoms. The molecule has 3 rings (SSSR count). The molecule has 0 amide bonds. The summed E-state index contributed by atoms with van der Waals surface area (Å²) in [7, 11) is 0. The van der Waals surface area contributed by atoms with Crippen LogP contribution in [0.5, 0.6) is 0 Å². The molecular formula is C14H13FN4O. The van der Waals surface area contributed by atoms with Crippen LogP contribution in [0.1, 0.15) is 17.0 Å². The monoisotopic (exact) mass is 272 g/mol. The van der Waals surface area contributed by atoms with E-state index in [1.807, 2.05) is 13.8 Å². The summed E-state index contributed by atoms with van der Waals surface area (Å²) in [6, 6.07) is 4.81. The molecule has 1 aromatic carbocycles. The van der Waals surface area contributed by atoms with Gasteiger partial charge in [-0.3, -0.25) is 0 Å². The highest BCUT2D eigenvalue weighted by Gasteiger charge is 2.11. The molecule has 6 heteroatoms. The molecule has 0 saturated carbocycles. The molecule has 0 radical (unpaired) electrons. The average molecular weight is 272 g/mol. The highest BCUT2D eigenvalue weighted by Crippen LogP contribution is 2.22. The van der Waals surface area contributed by atoms with Gasteiger partial charge in [-0.1, -0.05) is 11.2 Å². The summed E-state index contributed by atoms with van der Waals surface area (Å²) in [6.45, 7) is 4.25. The van der Waals surface area contributed by atoms with Crippen molar-refractivity contribution >= 4 is 16.7 Å². The van der Waals surface area contributed by atoms with Gasteiger partial charge in [0.25, 0.3) is 0 Å². The zero-order valence-electron chi connectivity index (χ0n) is 11.1. The molecule has 0 aliphatic carbocycles. The number of nitrogens with one attached hydrogen (secondary N) is 1. The fraction of sp³-hybridized carbons (Fsp3) is 0.214. The minimum atomic E-state index is -0.356. The van der Waals surface area contributed by atoms with Crippen molar-refractivity contribution in [1.82, 2.24) is 15.1 Å². The van der Waals surface area contributed by atoms with Gasteiger partial charge in [-0.2, -0.15) is 0 Å². The number of hydrogen-bond acceptors (Lipinski definition) is 5. The second-order valence-corrected chi connectivity index (χ2v) is 4.51. The van der Waals surface area contributed by atoms with Crippen molar-refractivity contribution < 1.29 is 8.91 Å². The van der Waals surface area contributed by atoms with Gasteiger partial charge in [0, 0.05) is 17.5 Å². The number of rotatable bonds is 3. The van der Waals surface area contributed by atoms with E-state index in [1.165, 1.54) is 12.4 Å². The molecule has 2 heterocycles. The minimum absolute atomic E-state index is 0.309. The smallest absolute Gasteiger partial charge is 0.149 e. The van der Waals surface area contributed by atoms with Gasteiger partial charge >= 0.3 is 0 Å². The highest BCUT2D eigenvalue weighted by molar-refractivity contribution is 5.89. The van der Waals surface area contributed by atoms with Crippen LogP contribution in [-0.4, -0.2) is 15.1 Å². The molecule has 0 unspecified atom stereocenters. The van der Waals surface area contributed by atoms with Gasteiger partial charge < -0.3 is 9.84 Å². The number of para-hydroxylation sites is 1. The summed E-state index contributed by atoms with van der Waals surface area (Å²) < 4.78 is 18.8. The first kappa shape index (κ1) is 12.5. The Morgan fingerprint density at radius 1 is 1.25 bits per heavy atom. The first-order chi connectivity index (χ1) is 9.66. The maximum Gasteiger partial charge on any atom is 0.149 e. The molecule has 0 fully saturated rings. The molecule has 2 aromatic heterocycles. The van der Waals surface area contributed by atoms with Gasteiger partial charge in [0.1, 0.15) is 29.2 Å². The lowest BCUT2D eigenvalue weighted by molar-refractivity contribution is 0.392. The molecule has 102 valence electrons. The number of anilines is 1. The van der Waals surface area contributed by atoms with Crippen molar-refractivity contribution in [2.45, 2.75) is 20.4 Å².